The third kappa shape index (κ3) is 1.81. The van der Waals surface area contributed by atoms with Gasteiger partial charge in [0, 0.05) is 0 Å². The van der Waals surface area contributed by atoms with Crippen LogP contribution in [0, 0.1) is 6.92 Å². The van der Waals surface area contributed by atoms with Crippen LogP contribution in [-0.4, -0.2) is 5.11 Å². The molecule has 0 aliphatic carbocycles. The van der Waals surface area contributed by atoms with Crippen LogP contribution in [0.3, 0.4) is 0 Å². The van der Waals surface area contributed by atoms with Gasteiger partial charge in [0.25, 0.3) is 0 Å². The number of hydrogen-bond acceptors (Lipinski definition) is 2. The number of aryl methyl sites for hydroxylation is 1. The van der Waals surface area contributed by atoms with Crippen LogP contribution in [-0.2, 0) is 0 Å². The standard InChI is InChI=1S/C16H14O2/c1-11-4-2-5-12-10-13(7-8-14(11)12)16(17)15-6-3-9-18-15/h2-10,16-17H,1H3. The molecule has 0 aliphatic rings. The van der Waals surface area contributed by atoms with Gasteiger partial charge in [0.05, 0.1) is 6.26 Å². The van der Waals surface area contributed by atoms with Crippen molar-refractivity contribution < 1.29 is 9.52 Å². The predicted molar refractivity (Wildman–Crippen MR) is 71.5 cm³/mol. The van der Waals surface area contributed by atoms with E-state index in [2.05, 4.69) is 19.1 Å². The van der Waals surface area contributed by atoms with E-state index in [-0.39, 0.29) is 0 Å². The fraction of sp³-hybridized carbons (Fsp3) is 0.125. The first kappa shape index (κ1) is 11.1. The Hall–Kier alpha value is -2.06. The van der Waals surface area contributed by atoms with Crippen LogP contribution in [0.4, 0.5) is 0 Å². The number of fused-ring (bicyclic) bond motifs is 1. The Kier molecular flexibility index (Phi) is 2.65. The zero-order chi connectivity index (χ0) is 12.5. The fourth-order valence-electron chi connectivity index (χ4n) is 2.25. The summed E-state index contributed by atoms with van der Waals surface area (Å²) in [5, 5.41) is 12.6. The van der Waals surface area contributed by atoms with E-state index in [9.17, 15) is 5.11 Å². The van der Waals surface area contributed by atoms with Gasteiger partial charge in [0.2, 0.25) is 0 Å². The lowest BCUT2D eigenvalue weighted by atomic mass is 10.00. The molecule has 2 heteroatoms. The first-order chi connectivity index (χ1) is 8.75. The summed E-state index contributed by atoms with van der Waals surface area (Å²) in [6, 6.07) is 15.7. The summed E-state index contributed by atoms with van der Waals surface area (Å²) in [7, 11) is 0. The number of hydrogen-bond donors (Lipinski definition) is 1. The molecular formula is C16H14O2. The van der Waals surface area contributed by atoms with Crippen molar-refractivity contribution >= 4 is 10.8 Å². The average molecular weight is 238 g/mol. The van der Waals surface area contributed by atoms with Crippen molar-refractivity contribution in [2.24, 2.45) is 0 Å². The van der Waals surface area contributed by atoms with Gasteiger partial charge >= 0.3 is 0 Å². The first-order valence-corrected chi connectivity index (χ1v) is 5.96. The second kappa shape index (κ2) is 4.31. The highest BCUT2D eigenvalue weighted by Crippen LogP contribution is 2.26. The summed E-state index contributed by atoms with van der Waals surface area (Å²) in [4.78, 5) is 0. The second-order valence-corrected chi connectivity index (χ2v) is 4.47. The molecule has 3 aromatic rings. The molecular weight excluding hydrogens is 224 g/mol. The molecule has 1 unspecified atom stereocenters. The third-order valence-electron chi connectivity index (χ3n) is 3.25. The maximum absolute atomic E-state index is 10.2. The molecule has 0 bridgehead atoms. The van der Waals surface area contributed by atoms with Gasteiger partial charge in [-0.05, 0) is 47.0 Å². The van der Waals surface area contributed by atoms with Crippen molar-refractivity contribution in [3.05, 3.63) is 71.7 Å². The number of rotatable bonds is 2. The summed E-state index contributed by atoms with van der Waals surface area (Å²) in [6.45, 7) is 2.09. The quantitative estimate of drug-likeness (QED) is 0.736. The molecule has 2 aromatic carbocycles. The van der Waals surface area contributed by atoms with E-state index in [4.69, 9.17) is 4.42 Å². The van der Waals surface area contributed by atoms with E-state index in [1.165, 1.54) is 10.9 Å². The van der Waals surface area contributed by atoms with Gasteiger partial charge in [-0.15, -0.1) is 0 Å². The normalized spacial score (nSPS) is 12.8. The SMILES string of the molecule is Cc1cccc2cc(C(O)c3ccco3)ccc12. The second-order valence-electron chi connectivity index (χ2n) is 4.47. The van der Waals surface area contributed by atoms with Crippen LogP contribution in [0.25, 0.3) is 10.8 Å². The molecule has 1 heterocycles. The van der Waals surface area contributed by atoms with E-state index in [0.29, 0.717) is 5.76 Å². The predicted octanol–water partition coefficient (Wildman–Crippen LogP) is 3.82. The molecule has 0 radical (unpaired) electrons. The Morgan fingerprint density at radius 2 is 1.94 bits per heavy atom. The summed E-state index contributed by atoms with van der Waals surface area (Å²) in [5.41, 5.74) is 2.09. The molecule has 2 nitrogen and oxygen atoms in total. The Morgan fingerprint density at radius 3 is 2.72 bits per heavy atom. The van der Waals surface area contributed by atoms with Crippen molar-refractivity contribution in [2.45, 2.75) is 13.0 Å². The fourth-order valence-corrected chi connectivity index (χ4v) is 2.25. The van der Waals surface area contributed by atoms with Crippen molar-refractivity contribution in [2.75, 3.05) is 0 Å². The lowest BCUT2D eigenvalue weighted by molar-refractivity contribution is 0.189. The van der Waals surface area contributed by atoms with Crippen LogP contribution in [0.15, 0.2) is 59.2 Å². The lowest BCUT2D eigenvalue weighted by Gasteiger charge is -2.10. The molecule has 1 aromatic heterocycles. The van der Waals surface area contributed by atoms with E-state index < -0.39 is 6.10 Å². The summed E-state index contributed by atoms with van der Waals surface area (Å²) in [5.74, 6) is 0.571. The molecule has 0 spiro atoms. The van der Waals surface area contributed by atoms with E-state index in [1.807, 2.05) is 24.3 Å². The molecule has 1 atom stereocenters. The van der Waals surface area contributed by atoms with Crippen molar-refractivity contribution in [3.8, 4) is 0 Å². The highest BCUT2D eigenvalue weighted by atomic mass is 16.4. The Bertz CT molecular complexity index is 669. The minimum Gasteiger partial charge on any atom is -0.466 e. The Morgan fingerprint density at radius 1 is 1.06 bits per heavy atom. The van der Waals surface area contributed by atoms with Gasteiger partial charge in [0.1, 0.15) is 11.9 Å². The third-order valence-corrected chi connectivity index (χ3v) is 3.25. The highest BCUT2D eigenvalue weighted by molar-refractivity contribution is 5.86. The molecule has 18 heavy (non-hydrogen) atoms. The molecule has 90 valence electrons. The maximum Gasteiger partial charge on any atom is 0.137 e. The Labute approximate surface area is 105 Å². The smallest absolute Gasteiger partial charge is 0.137 e. The van der Waals surface area contributed by atoms with E-state index >= 15 is 0 Å². The van der Waals surface area contributed by atoms with Gasteiger partial charge in [-0.25, -0.2) is 0 Å². The van der Waals surface area contributed by atoms with Crippen molar-refractivity contribution in [3.63, 3.8) is 0 Å². The molecule has 3 rings (SSSR count). The summed E-state index contributed by atoms with van der Waals surface area (Å²) < 4.78 is 5.24. The largest absolute Gasteiger partial charge is 0.466 e. The first-order valence-electron chi connectivity index (χ1n) is 5.96. The number of benzene rings is 2. The van der Waals surface area contributed by atoms with Gasteiger partial charge in [0.15, 0.2) is 0 Å². The number of aliphatic hydroxyl groups excluding tert-OH is 1. The maximum atomic E-state index is 10.2. The molecule has 0 saturated heterocycles. The number of aliphatic hydroxyl groups is 1. The summed E-state index contributed by atoms with van der Waals surface area (Å²) >= 11 is 0. The van der Waals surface area contributed by atoms with Crippen LogP contribution in [0.1, 0.15) is 23.0 Å². The summed E-state index contributed by atoms with van der Waals surface area (Å²) in [6.07, 6.45) is 0.869. The van der Waals surface area contributed by atoms with Crippen LogP contribution in [0.5, 0.6) is 0 Å². The molecule has 0 fully saturated rings. The van der Waals surface area contributed by atoms with Gasteiger partial charge in [-0.2, -0.15) is 0 Å². The lowest BCUT2D eigenvalue weighted by Crippen LogP contribution is -1.97. The van der Waals surface area contributed by atoms with Crippen molar-refractivity contribution in [1.29, 1.82) is 0 Å². The van der Waals surface area contributed by atoms with Crippen LogP contribution < -0.4 is 0 Å². The zero-order valence-electron chi connectivity index (χ0n) is 10.1. The van der Waals surface area contributed by atoms with E-state index in [0.717, 1.165) is 10.9 Å². The Balaban J connectivity index is 2.09. The number of furan rings is 1. The monoisotopic (exact) mass is 238 g/mol. The molecule has 1 N–H and O–H groups in total. The highest BCUT2D eigenvalue weighted by Gasteiger charge is 2.13. The van der Waals surface area contributed by atoms with Gasteiger partial charge in [-0.1, -0.05) is 30.3 Å². The molecule has 0 saturated carbocycles. The molecule has 0 amide bonds. The van der Waals surface area contributed by atoms with Crippen LogP contribution >= 0.6 is 0 Å². The average Bonchev–Trinajstić information content (AvgIpc) is 2.91. The van der Waals surface area contributed by atoms with Crippen LogP contribution in [0.2, 0.25) is 0 Å². The van der Waals surface area contributed by atoms with Crippen molar-refractivity contribution in [1.82, 2.24) is 0 Å². The minimum atomic E-state index is -0.704. The topological polar surface area (TPSA) is 33.4 Å². The molecule has 0 aliphatic heterocycles. The zero-order valence-corrected chi connectivity index (χ0v) is 10.1. The van der Waals surface area contributed by atoms with E-state index in [1.54, 1.807) is 18.4 Å². The van der Waals surface area contributed by atoms with Gasteiger partial charge in [-0.3, -0.25) is 0 Å². The minimum absolute atomic E-state index is 0.571. The van der Waals surface area contributed by atoms with Gasteiger partial charge < -0.3 is 9.52 Å².